The van der Waals surface area contributed by atoms with Gasteiger partial charge in [0.2, 0.25) is 0 Å². The van der Waals surface area contributed by atoms with E-state index in [-0.39, 0.29) is 5.54 Å². The molecular formula is C15H24N4. The van der Waals surface area contributed by atoms with Gasteiger partial charge in [-0.1, -0.05) is 18.2 Å². The van der Waals surface area contributed by atoms with Crippen LogP contribution in [0.4, 0.5) is 0 Å². The lowest BCUT2D eigenvalue weighted by Crippen LogP contribution is -2.40. The largest absolute Gasteiger partial charge is 0.311 e. The van der Waals surface area contributed by atoms with Gasteiger partial charge in [-0.25, -0.2) is 0 Å². The van der Waals surface area contributed by atoms with Gasteiger partial charge >= 0.3 is 0 Å². The van der Waals surface area contributed by atoms with Gasteiger partial charge < -0.3 is 10.6 Å². The highest BCUT2D eigenvalue weighted by atomic mass is 15.3. The number of hydrogen-bond donors (Lipinski definition) is 2. The molecule has 4 heteroatoms. The number of hydrogen-bond acceptors (Lipinski definition) is 3. The standard InChI is InChI=1S/C15H24N4/c1-15(2,3)17-10-9-16-11-13-12-7-5-6-8-14(12)19(4)18-13/h5-8,16-17H,9-11H2,1-4H3. The number of nitrogens with one attached hydrogen (secondary N) is 2. The zero-order valence-corrected chi connectivity index (χ0v) is 12.3. The Labute approximate surface area is 115 Å². The Kier molecular flexibility index (Phi) is 4.22. The fourth-order valence-corrected chi connectivity index (χ4v) is 2.15. The van der Waals surface area contributed by atoms with E-state index in [1.807, 2.05) is 11.7 Å². The monoisotopic (exact) mass is 260 g/mol. The van der Waals surface area contributed by atoms with E-state index in [0.717, 1.165) is 25.3 Å². The highest BCUT2D eigenvalue weighted by Crippen LogP contribution is 2.16. The normalized spacial score (nSPS) is 12.2. The summed E-state index contributed by atoms with van der Waals surface area (Å²) in [7, 11) is 1.99. The molecule has 2 rings (SSSR count). The Hall–Kier alpha value is -1.39. The van der Waals surface area contributed by atoms with Crippen molar-refractivity contribution in [3.63, 3.8) is 0 Å². The summed E-state index contributed by atoms with van der Waals surface area (Å²) in [5.74, 6) is 0. The molecule has 0 radical (unpaired) electrons. The van der Waals surface area contributed by atoms with Gasteiger partial charge in [-0.2, -0.15) is 5.10 Å². The Balaban J connectivity index is 1.89. The maximum Gasteiger partial charge on any atom is 0.0841 e. The summed E-state index contributed by atoms with van der Waals surface area (Å²) in [6, 6.07) is 8.35. The van der Waals surface area contributed by atoms with E-state index in [9.17, 15) is 0 Å². The molecule has 0 fully saturated rings. The van der Waals surface area contributed by atoms with Crippen LogP contribution in [0, 0.1) is 0 Å². The summed E-state index contributed by atoms with van der Waals surface area (Å²) in [5, 5.41) is 12.7. The van der Waals surface area contributed by atoms with Gasteiger partial charge in [0.1, 0.15) is 0 Å². The van der Waals surface area contributed by atoms with Crippen LogP contribution in [-0.4, -0.2) is 28.4 Å². The molecule has 1 aromatic heterocycles. The van der Waals surface area contributed by atoms with Crippen molar-refractivity contribution in [2.45, 2.75) is 32.9 Å². The molecule has 0 aliphatic carbocycles. The number of benzene rings is 1. The molecule has 0 bridgehead atoms. The van der Waals surface area contributed by atoms with Crippen LogP contribution < -0.4 is 10.6 Å². The van der Waals surface area contributed by atoms with Crippen molar-refractivity contribution in [3.8, 4) is 0 Å². The van der Waals surface area contributed by atoms with E-state index < -0.39 is 0 Å². The maximum atomic E-state index is 4.57. The number of aromatic nitrogens is 2. The van der Waals surface area contributed by atoms with Crippen molar-refractivity contribution in [1.29, 1.82) is 0 Å². The smallest absolute Gasteiger partial charge is 0.0841 e. The molecule has 4 nitrogen and oxygen atoms in total. The minimum atomic E-state index is 0.180. The zero-order valence-electron chi connectivity index (χ0n) is 12.3. The van der Waals surface area contributed by atoms with Gasteiger partial charge in [0, 0.05) is 37.6 Å². The Morgan fingerprint density at radius 1 is 1.16 bits per heavy atom. The van der Waals surface area contributed by atoms with Gasteiger partial charge in [-0.15, -0.1) is 0 Å². The van der Waals surface area contributed by atoms with Gasteiger partial charge in [-0.05, 0) is 26.8 Å². The Morgan fingerprint density at radius 3 is 2.63 bits per heavy atom. The van der Waals surface area contributed by atoms with Crippen LogP contribution in [0.25, 0.3) is 10.9 Å². The summed E-state index contributed by atoms with van der Waals surface area (Å²) < 4.78 is 1.94. The quantitative estimate of drug-likeness (QED) is 0.809. The molecule has 0 amide bonds. The summed E-state index contributed by atoms with van der Waals surface area (Å²) in [6.45, 7) is 9.27. The van der Waals surface area contributed by atoms with Crippen molar-refractivity contribution in [3.05, 3.63) is 30.0 Å². The topological polar surface area (TPSA) is 41.9 Å². The highest BCUT2D eigenvalue weighted by Gasteiger charge is 2.08. The second-order valence-corrected chi connectivity index (χ2v) is 5.94. The number of fused-ring (bicyclic) bond motifs is 1. The molecule has 0 atom stereocenters. The minimum Gasteiger partial charge on any atom is -0.311 e. The first-order valence-electron chi connectivity index (χ1n) is 6.84. The fraction of sp³-hybridized carbons (Fsp3) is 0.533. The molecule has 1 aromatic carbocycles. The van der Waals surface area contributed by atoms with Gasteiger partial charge in [-0.3, -0.25) is 4.68 Å². The first-order valence-corrected chi connectivity index (χ1v) is 6.84. The van der Waals surface area contributed by atoms with Crippen LogP contribution in [0.5, 0.6) is 0 Å². The molecule has 104 valence electrons. The SMILES string of the molecule is Cn1nc(CNCCNC(C)(C)C)c2ccccc21. The van der Waals surface area contributed by atoms with Crippen LogP contribution in [0.3, 0.4) is 0 Å². The molecule has 0 saturated carbocycles. The molecule has 2 N–H and O–H groups in total. The number of rotatable bonds is 5. The number of nitrogens with zero attached hydrogens (tertiary/aromatic N) is 2. The average Bonchev–Trinajstić information content (AvgIpc) is 2.65. The summed E-state index contributed by atoms with van der Waals surface area (Å²) >= 11 is 0. The molecule has 0 aliphatic heterocycles. The minimum absolute atomic E-state index is 0.180. The molecule has 2 aromatic rings. The molecule has 0 unspecified atom stereocenters. The third-order valence-corrected chi connectivity index (χ3v) is 3.08. The second-order valence-electron chi connectivity index (χ2n) is 5.94. The van der Waals surface area contributed by atoms with E-state index in [1.165, 1.54) is 10.9 Å². The molecule has 0 spiro atoms. The van der Waals surface area contributed by atoms with E-state index in [2.05, 4.69) is 60.8 Å². The van der Waals surface area contributed by atoms with Crippen LogP contribution in [0.2, 0.25) is 0 Å². The second kappa shape index (κ2) is 5.72. The summed E-state index contributed by atoms with van der Waals surface area (Å²) in [6.07, 6.45) is 0. The number of aryl methyl sites for hydroxylation is 1. The lowest BCUT2D eigenvalue weighted by Gasteiger charge is -2.20. The van der Waals surface area contributed by atoms with Crippen LogP contribution in [-0.2, 0) is 13.6 Å². The average molecular weight is 260 g/mol. The third kappa shape index (κ3) is 3.78. The van der Waals surface area contributed by atoms with Crippen molar-refractivity contribution in [1.82, 2.24) is 20.4 Å². The van der Waals surface area contributed by atoms with Gasteiger partial charge in [0.05, 0.1) is 11.2 Å². The lowest BCUT2D eigenvalue weighted by atomic mass is 10.1. The first kappa shape index (κ1) is 14.0. The molecule has 1 heterocycles. The van der Waals surface area contributed by atoms with Crippen LogP contribution >= 0.6 is 0 Å². The lowest BCUT2D eigenvalue weighted by molar-refractivity contribution is 0.421. The predicted octanol–water partition coefficient (Wildman–Crippen LogP) is 2.05. The van der Waals surface area contributed by atoms with Crippen molar-refractivity contribution in [2.24, 2.45) is 7.05 Å². The summed E-state index contributed by atoms with van der Waals surface area (Å²) in [5.41, 5.74) is 2.49. The van der Waals surface area contributed by atoms with E-state index in [4.69, 9.17) is 0 Å². The van der Waals surface area contributed by atoms with Gasteiger partial charge in [0.25, 0.3) is 0 Å². The zero-order chi connectivity index (χ0) is 13.9. The molecule has 0 aliphatic rings. The molecule has 0 saturated heterocycles. The maximum absolute atomic E-state index is 4.57. The van der Waals surface area contributed by atoms with E-state index in [0.29, 0.717) is 0 Å². The molecular weight excluding hydrogens is 236 g/mol. The molecule has 19 heavy (non-hydrogen) atoms. The van der Waals surface area contributed by atoms with Crippen LogP contribution in [0.1, 0.15) is 26.5 Å². The van der Waals surface area contributed by atoms with Crippen LogP contribution in [0.15, 0.2) is 24.3 Å². The highest BCUT2D eigenvalue weighted by molar-refractivity contribution is 5.81. The number of para-hydroxylation sites is 1. The summed E-state index contributed by atoms with van der Waals surface area (Å²) in [4.78, 5) is 0. The van der Waals surface area contributed by atoms with Gasteiger partial charge in [0.15, 0.2) is 0 Å². The van der Waals surface area contributed by atoms with E-state index >= 15 is 0 Å². The van der Waals surface area contributed by atoms with Crippen molar-refractivity contribution in [2.75, 3.05) is 13.1 Å². The predicted molar refractivity (Wildman–Crippen MR) is 80.2 cm³/mol. The van der Waals surface area contributed by atoms with E-state index in [1.54, 1.807) is 0 Å². The fourth-order valence-electron chi connectivity index (χ4n) is 2.15. The Bertz CT molecular complexity index is 537. The Morgan fingerprint density at radius 2 is 1.89 bits per heavy atom. The third-order valence-electron chi connectivity index (χ3n) is 3.08. The van der Waals surface area contributed by atoms with Crippen molar-refractivity contribution >= 4 is 10.9 Å². The van der Waals surface area contributed by atoms with Crippen molar-refractivity contribution < 1.29 is 0 Å². The first-order chi connectivity index (χ1) is 8.97.